The minimum atomic E-state index is -1.71. The maximum atomic E-state index is 7.08. The lowest BCUT2D eigenvalue weighted by molar-refractivity contribution is 0.503. The molecular weight excluding hydrogens is 364 g/mol. The monoisotopic (exact) mass is 398 g/mol. The van der Waals surface area contributed by atoms with Crippen molar-refractivity contribution in [3.63, 3.8) is 0 Å². The molecule has 0 N–H and O–H groups in total. The Morgan fingerprint density at radius 3 is 1.31 bits per heavy atom. The third-order valence-electron chi connectivity index (χ3n) is 6.57. The van der Waals surface area contributed by atoms with Crippen molar-refractivity contribution in [3.05, 3.63) is 71.8 Å². The Morgan fingerprint density at radius 1 is 0.615 bits per heavy atom. The van der Waals surface area contributed by atoms with E-state index in [2.05, 4.69) is 99.9 Å². The molecule has 140 valence electrons. The van der Waals surface area contributed by atoms with E-state index in [1.165, 1.54) is 24.0 Å². The summed E-state index contributed by atoms with van der Waals surface area (Å²) in [6.07, 6.45) is 2.41. The minimum Gasteiger partial charge on any atom is -0.455 e. The summed E-state index contributed by atoms with van der Waals surface area (Å²) in [5.41, 5.74) is 2.98. The maximum absolute atomic E-state index is 7.08. The molecule has 1 fully saturated rings. The topological polar surface area (TPSA) is 9.23 Å². The van der Waals surface area contributed by atoms with Crippen molar-refractivity contribution in [1.29, 1.82) is 0 Å². The fourth-order valence-corrected chi connectivity index (χ4v) is 32.7. The molecule has 1 nitrogen and oxygen atoms in total. The van der Waals surface area contributed by atoms with E-state index in [-0.39, 0.29) is 0 Å². The molecule has 1 aliphatic rings. The lowest BCUT2D eigenvalue weighted by atomic mass is 10.2. The van der Waals surface area contributed by atoms with Gasteiger partial charge in [-0.1, -0.05) is 73.8 Å². The van der Waals surface area contributed by atoms with Crippen LogP contribution in [0.25, 0.3) is 0 Å². The van der Waals surface area contributed by atoms with Crippen molar-refractivity contribution in [2.24, 2.45) is 0 Å². The van der Waals surface area contributed by atoms with Crippen LogP contribution in [-0.2, 0) is 17.0 Å². The Balaban J connectivity index is 1.96. The van der Waals surface area contributed by atoms with Gasteiger partial charge in [-0.3, -0.25) is 0 Å². The zero-order valence-corrected chi connectivity index (χ0v) is 20.3. The van der Waals surface area contributed by atoms with Crippen molar-refractivity contribution in [2.75, 3.05) is 0 Å². The Morgan fingerprint density at radius 2 is 0.962 bits per heavy atom. The molecule has 2 aromatic carbocycles. The first kappa shape index (κ1) is 19.8. The average Bonchev–Trinajstić information content (AvgIpc) is 2.57. The predicted molar refractivity (Wildman–Crippen MR) is 121 cm³/mol. The van der Waals surface area contributed by atoms with Gasteiger partial charge in [0.05, 0.1) is 8.07 Å². The zero-order chi connectivity index (χ0) is 19.0. The summed E-state index contributed by atoms with van der Waals surface area (Å²) >= 11 is 0. The molecule has 1 aliphatic heterocycles. The Hall–Kier alpha value is -0.949. The van der Waals surface area contributed by atoms with Gasteiger partial charge in [-0.25, -0.2) is 0 Å². The first-order chi connectivity index (χ1) is 12.1. The summed E-state index contributed by atoms with van der Waals surface area (Å²) in [6, 6.07) is 22.2. The van der Waals surface area contributed by atoms with Crippen molar-refractivity contribution in [2.45, 2.75) is 62.5 Å². The first-order valence-corrected chi connectivity index (χ1v) is 19.0. The van der Waals surface area contributed by atoms with Gasteiger partial charge in [-0.05, 0) is 60.5 Å². The predicted octanol–water partition coefficient (Wildman–Crippen LogP) is 6.44. The molecule has 0 amide bonds. The average molecular weight is 399 g/mol. The second-order valence-corrected chi connectivity index (χ2v) is 24.4. The summed E-state index contributed by atoms with van der Waals surface area (Å²) in [5, 5.41) is 1.54. The fraction of sp³-hybridized carbons (Fsp3) is 0.455. The largest absolute Gasteiger partial charge is 0.455 e. The molecule has 0 radical (unpaired) electrons. The SMILES string of the molecule is C[Si]1(C)O[Si](C)(C)C(Cc2ccccc2)[Si](C)(C)C1Cc1ccccc1. The zero-order valence-electron chi connectivity index (χ0n) is 17.3. The quantitative estimate of drug-likeness (QED) is 0.538. The molecule has 0 aliphatic carbocycles. The summed E-state index contributed by atoms with van der Waals surface area (Å²) in [5.74, 6) is 0. The number of hydrogen-bond donors (Lipinski definition) is 0. The molecule has 0 bridgehead atoms. The highest BCUT2D eigenvalue weighted by atomic mass is 28.5. The maximum Gasteiger partial charge on any atom is 0.174 e. The molecule has 0 saturated carbocycles. The van der Waals surface area contributed by atoms with Crippen LogP contribution in [-0.4, -0.2) is 24.7 Å². The molecule has 26 heavy (non-hydrogen) atoms. The number of hydrogen-bond acceptors (Lipinski definition) is 1. The lowest BCUT2D eigenvalue weighted by Crippen LogP contribution is -2.68. The van der Waals surface area contributed by atoms with Crippen molar-refractivity contribution in [1.82, 2.24) is 0 Å². The Kier molecular flexibility index (Phi) is 5.50. The van der Waals surface area contributed by atoms with Crippen LogP contribution in [0.5, 0.6) is 0 Å². The standard InChI is InChI=1S/C22H34OSi3/c1-24(2)21(17-19-13-9-7-10-14-19)25(3,4)23-26(5,6)22(24)18-20-15-11-8-12-16-20/h7-16,21-22H,17-18H2,1-6H3. The van der Waals surface area contributed by atoms with Crippen molar-refractivity contribution >= 4 is 24.7 Å². The highest BCUT2D eigenvalue weighted by Gasteiger charge is 2.59. The van der Waals surface area contributed by atoms with Crippen LogP contribution in [0.1, 0.15) is 11.1 Å². The van der Waals surface area contributed by atoms with Crippen LogP contribution in [0.2, 0.25) is 49.6 Å². The number of rotatable bonds is 4. The van der Waals surface area contributed by atoms with Crippen LogP contribution in [0.4, 0.5) is 0 Å². The molecule has 2 unspecified atom stereocenters. The van der Waals surface area contributed by atoms with E-state index in [0.29, 0.717) is 0 Å². The van der Waals surface area contributed by atoms with Crippen LogP contribution >= 0.6 is 0 Å². The first-order valence-electron chi connectivity index (χ1n) is 9.91. The second-order valence-electron chi connectivity index (χ2n) is 9.61. The van der Waals surface area contributed by atoms with Gasteiger partial charge in [0, 0.05) is 0 Å². The Labute approximate surface area is 163 Å². The summed E-state index contributed by atoms with van der Waals surface area (Å²) in [6.45, 7) is 15.3. The van der Waals surface area contributed by atoms with E-state index >= 15 is 0 Å². The molecule has 1 heterocycles. The summed E-state index contributed by atoms with van der Waals surface area (Å²) < 4.78 is 7.08. The molecule has 0 spiro atoms. The molecule has 0 aromatic heterocycles. The van der Waals surface area contributed by atoms with E-state index in [4.69, 9.17) is 4.12 Å². The molecule has 2 aromatic rings. The molecule has 3 rings (SSSR count). The normalized spacial score (nSPS) is 26.4. The van der Waals surface area contributed by atoms with E-state index in [9.17, 15) is 0 Å². The molecular formula is C22H34OSi3. The summed E-state index contributed by atoms with van der Waals surface area (Å²) in [7, 11) is -4.91. The highest BCUT2D eigenvalue weighted by Crippen LogP contribution is 2.52. The van der Waals surface area contributed by atoms with Crippen LogP contribution < -0.4 is 0 Å². The molecule has 1 saturated heterocycles. The van der Waals surface area contributed by atoms with Crippen molar-refractivity contribution in [3.8, 4) is 0 Å². The van der Waals surface area contributed by atoms with Gasteiger partial charge in [0.15, 0.2) is 16.6 Å². The smallest absolute Gasteiger partial charge is 0.174 e. The van der Waals surface area contributed by atoms with E-state index in [1.807, 2.05) is 0 Å². The lowest BCUT2D eigenvalue weighted by Gasteiger charge is -2.58. The van der Waals surface area contributed by atoms with Crippen LogP contribution in [0.3, 0.4) is 0 Å². The van der Waals surface area contributed by atoms with Gasteiger partial charge in [-0.2, -0.15) is 0 Å². The van der Waals surface area contributed by atoms with Gasteiger partial charge in [0.1, 0.15) is 0 Å². The van der Waals surface area contributed by atoms with Gasteiger partial charge < -0.3 is 4.12 Å². The summed E-state index contributed by atoms with van der Waals surface area (Å²) in [4.78, 5) is 0. The van der Waals surface area contributed by atoms with Gasteiger partial charge in [-0.15, -0.1) is 0 Å². The van der Waals surface area contributed by atoms with Gasteiger partial charge in [0.2, 0.25) is 0 Å². The minimum absolute atomic E-state index is 0.770. The van der Waals surface area contributed by atoms with Crippen LogP contribution in [0.15, 0.2) is 60.7 Å². The third-order valence-corrected chi connectivity index (χ3v) is 27.2. The number of benzene rings is 2. The third kappa shape index (κ3) is 3.98. The second kappa shape index (κ2) is 7.23. The molecule has 2 atom stereocenters. The van der Waals surface area contributed by atoms with Crippen molar-refractivity contribution < 1.29 is 4.12 Å². The Bertz CT molecular complexity index is 664. The van der Waals surface area contributed by atoms with E-state index < -0.39 is 24.7 Å². The highest BCUT2D eigenvalue weighted by molar-refractivity contribution is 7.09. The fourth-order valence-electron chi connectivity index (χ4n) is 5.57. The van der Waals surface area contributed by atoms with Gasteiger partial charge in [0.25, 0.3) is 0 Å². The van der Waals surface area contributed by atoms with E-state index in [1.54, 1.807) is 0 Å². The van der Waals surface area contributed by atoms with Crippen LogP contribution in [0, 0.1) is 0 Å². The van der Waals surface area contributed by atoms with Gasteiger partial charge >= 0.3 is 0 Å². The van der Waals surface area contributed by atoms with E-state index in [0.717, 1.165) is 10.3 Å². The molecule has 4 heteroatoms.